The predicted octanol–water partition coefficient (Wildman–Crippen LogP) is 4.46. The summed E-state index contributed by atoms with van der Waals surface area (Å²) >= 11 is 12.9. The van der Waals surface area contributed by atoms with Crippen LogP contribution >= 0.6 is 50.6 Å². The third-order valence-electron chi connectivity index (χ3n) is 2.38. The molecule has 0 aliphatic rings. The Kier molecular flexibility index (Phi) is 5.54. The zero-order chi connectivity index (χ0) is 13.0. The first-order chi connectivity index (χ1) is 8.70. The first-order valence-corrected chi connectivity index (χ1v) is 8.31. The second-order valence-electron chi connectivity index (χ2n) is 3.62. The molecule has 1 unspecified atom stereocenters. The maximum atomic E-state index is 5.96. The first kappa shape index (κ1) is 14.4. The van der Waals surface area contributed by atoms with Gasteiger partial charge in [0, 0.05) is 25.0 Å². The van der Waals surface area contributed by atoms with E-state index in [9.17, 15) is 0 Å². The fourth-order valence-corrected chi connectivity index (χ4v) is 4.57. The Morgan fingerprint density at radius 1 is 1.44 bits per heavy atom. The van der Waals surface area contributed by atoms with Crippen LogP contribution in [0.5, 0.6) is 0 Å². The molecule has 0 saturated carbocycles. The van der Waals surface area contributed by atoms with Crippen molar-refractivity contribution in [2.75, 3.05) is 5.75 Å². The van der Waals surface area contributed by atoms with E-state index in [-0.39, 0.29) is 6.04 Å². The number of rotatable bonds is 5. The van der Waals surface area contributed by atoms with Gasteiger partial charge in [-0.25, -0.2) is 0 Å². The molecule has 1 heterocycles. The molecule has 0 amide bonds. The first-order valence-electron chi connectivity index (χ1n) is 5.28. The maximum absolute atomic E-state index is 5.96. The van der Waals surface area contributed by atoms with Gasteiger partial charge >= 0.3 is 0 Å². The Bertz CT molecular complexity index is 518. The minimum atomic E-state index is 0.128. The summed E-state index contributed by atoms with van der Waals surface area (Å²) in [5.41, 5.74) is 2.86. The summed E-state index contributed by atoms with van der Waals surface area (Å²) in [7, 11) is 0. The molecule has 1 aromatic carbocycles. The van der Waals surface area contributed by atoms with Crippen molar-refractivity contribution < 1.29 is 0 Å². The van der Waals surface area contributed by atoms with E-state index >= 15 is 0 Å². The third-order valence-corrected chi connectivity index (χ3v) is 5.68. The van der Waals surface area contributed by atoms with Gasteiger partial charge in [-0.1, -0.05) is 17.7 Å². The molecule has 0 spiro atoms. The van der Waals surface area contributed by atoms with E-state index in [1.54, 1.807) is 23.1 Å². The van der Waals surface area contributed by atoms with Crippen molar-refractivity contribution in [2.24, 2.45) is 5.84 Å². The number of hydrogen-bond donors (Lipinski definition) is 2. The van der Waals surface area contributed by atoms with Crippen molar-refractivity contribution in [3.8, 4) is 0 Å². The zero-order valence-electron chi connectivity index (χ0n) is 9.40. The topological polar surface area (TPSA) is 38.0 Å². The van der Waals surface area contributed by atoms with E-state index in [0.29, 0.717) is 0 Å². The lowest BCUT2D eigenvalue weighted by Gasteiger charge is -2.14. The Morgan fingerprint density at radius 2 is 2.28 bits per heavy atom. The van der Waals surface area contributed by atoms with Crippen molar-refractivity contribution in [3.05, 3.63) is 50.1 Å². The Balaban J connectivity index is 2.02. The van der Waals surface area contributed by atoms with E-state index < -0.39 is 0 Å². The molecule has 1 aromatic heterocycles. The van der Waals surface area contributed by atoms with Crippen molar-refractivity contribution in [3.63, 3.8) is 0 Å². The molecule has 3 N–H and O–H groups in total. The second-order valence-corrected chi connectivity index (χ2v) is 6.95. The van der Waals surface area contributed by atoms with Crippen molar-refractivity contribution in [1.82, 2.24) is 5.43 Å². The Hall–Kier alpha value is -0.0400. The molecule has 0 bridgehead atoms. The fourth-order valence-electron chi connectivity index (χ4n) is 1.49. The van der Waals surface area contributed by atoms with Crippen LogP contribution in [-0.2, 0) is 0 Å². The van der Waals surface area contributed by atoms with Crippen molar-refractivity contribution >= 4 is 50.6 Å². The largest absolute Gasteiger partial charge is 0.271 e. The van der Waals surface area contributed by atoms with E-state index in [1.807, 2.05) is 35.7 Å². The van der Waals surface area contributed by atoms with Crippen LogP contribution in [0.15, 0.2) is 45.1 Å². The van der Waals surface area contributed by atoms with Gasteiger partial charge in [-0.15, -0.1) is 23.1 Å². The summed E-state index contributed by atoms with van der Waals surface area (Å²) in [4.78, 5) is 2.36. The maximum Gasteiger partial charge on any atom is 0.0658 e. The van der Waals surface area contributed by atoms with Crippen LogP contribution in [0.25, 0.3) is 0 Å². The molecule has 0 saturated heterocycles. The molecule has 0 fully saturated rings. The van der Waals surface area contributed by atoms with Gasteiger partial charge in [0.1, 0.15) is 0 Å². The van der Waals surface area contributed by atoms with Gasteiger partial charge in [-0.3, -0.25) is 11.3 Å². The van der Waals surface area contributed by atoms with E-state index in [1.165, 1.54) is 4.88 Å². The number of nitrogens with one attached hydrogen (secondary N) is 1. The highest BCUT2D eigenvalue weighted by atomic mass is 79.9. The van der Waals surface area contributed by atoms with Gasteiger partial charge in [0.15, 0.2) is 0 Å². The van der Waals surface area contributed by atoms with Crippen LogP contribution in [-0.4, -0.2) is 5.75 Å². The third kappa shape index (κ3) is 3.73. The van der Waals surface area contributed by atoms with Gasteiger partial charge in [0.2, 0.25) is 0 Å². The highest BCUT2D eigenvalue weighted by Gasteiger charge is 2.14. The number of hydrogen-bond acceptors (Lipinski definition) is 4. The summed E-state index contributed by atoms with van der Waals surface area (Å²) in [6.45, 7) is 0. The Labute approximate surface area is 128 Å². The van der Waals surface area contributed by atoms with Gasteiger partial charge < -0.3 is 0 Å². The standard InChI is InChI=1S/C12H12BrClN2S2/c13-10-4-5-17-12(10)11(16-15)7-18-9-3-1-2-8(14)6-9/h1-6,11,16H,7,15H2. The number of halogens is 2. The highest BCUT2D eigenvalue weighted by molar-refractivity contribution is 9.10. The normalized spacial score (nSPS) is 12.6. The molecule has 0 aliphatic carbocycles. The van der Waals surface area contributed by atoms with Crippen LogP contribution in [0.2, 0.25) is 5.02 Å². The van der Waals surface area contributed by atoms with Crippen molar-refractivity contribution in [2.45, 2.75) is 10.9 Å². The van der Waals surface area contributed by atoms with Crippen LogP contribution in [0.3, 0.4) is 0 Å². The molecule has 2 aromatic rings. The average molecular weight is 364 g/mol. The predicted molar refractivity (Wildman–Crippen MR) is 84.3 cm³/mol. The van der Waals surface area contributed by atoms with E-state index in [0.717, 1.165) is 20.1 Å². The summed E-state index contributed by atoms with van der Waals surface area (Å²) in [5, 5.41) is 2.81. The van der Waals surface area contributed by atoms with E-state index in [2.05, 4.69) is 21.4 Å². The van der Waals surface area contributed by atoms with Gasteiger partial charge in [-0.05, 0) is 45.6 Å². The average Bonchev–Trinajstić information content (AvgIpc) is 2.77. The lowest BCUT2D eigenvalue weighted by atomic mass is 10.3. The lowest BCUT2D eigenvalue weighted by Crippen LogP contribution is -2.29. The van der Waals surface area contributed by atoms with Crippen LogP contribution < -0.4 is 11.3 Å². The summed E-state index contributed by atoms with van der Waals surface area (Å²) in [6.07, 6.45) is 0. The molecule has 2 nitrogen and oxygen atoms in total. The molecule has 1 atom stereocenters. The van der Waals surface area contributed by atoms with E-state index in [4.69, 9.17) is 17.4 Å². The minimum absolute atomic E-state index is 0.128. The molecular formula is C12H12BrClN2S2. The monoisotopic (exact) mass is 362 g/mol. The molecular weight excluding hydrogens is 352 g/mol. The number of nitrogens with two attached hydrogens (primary N) is 1. The van der Waals surface area contributed by atoms with Gasteiger partial charge in [0.25, 0.3) is 0 Å². The summed E-state index contributed by atoms with van der Waals surface area (Å²) in [5.74, 6) is 6.48. The van der Waals surface area contributed by atoms with Crippen LogP contribution in [0.1, 0.15) is 10.9 Å². The highest BCUT2D eigenvalue weighted by Crippen LogP contribution is 2.32. The molecule has 0 radical (unpaired) electrons. The summed E-state index contributed by atoms with van der Waals surface area (Å²) in [6, 6.07) is 10.0. The zero-order valence-corrected chi connectivity index (χ0v) is 13.4. The molecule has 2 rings (SSSR count). The number of benzene rings is 1. The second kappa shape index (κ2) is 6.93. The van der Waals surface area contributed by atoms with Crippen LogP contribution in [0.4, 0.5) is 0 Å². The smallest absolute Gasteiger partial charge is 0.0658 e. The molecule has 0 aliphatic heterocycles. The van der Waals surface area contributed by atoms with Gasteiger partial charge in [-0.2, -0.15) is 0 Å². The van der Waals surface area contributed by atoms with Gasteiger partial charge in [0.05, 0.1) is 6.04 Å². The number of hydrazine groups is 1. The summed E-state index contributed by atoms with van der Waals surface area (Å²) < 4.78 is 1.10. The molecule has 96 valence electrons. The quantitative estimate of drug-likeness (QED) is 0.468. The number of thiophene rings is 1. The SMILES string of the molecule is NNC(CSc1cccc(Cl)c1)c1sccc1Br. The number of thioether (sulfide) groups is 1. The van der Waals surface area contributed by atoms with Crippen molar-refractivity contribution in [1.29, 1.82) is 0 Å². The fraction of sp³-hybridized carbons (Fsp3) is 0.167. The lowest BCUT2D eigenvalue weighted by molar-refractivity contribution is 0.618. The Morgan fingerprint density at radius 3 is 2.89 bits per heavy atom. The molecule has 18 heavy (non-hydrogen) atoms. The molecule has 6 heteroatoms. The van der Waals surface area contributed by atoms with Crippen LogP contribution in [0, 0.1) is 0 Å². The minimum Gasteiger partial charge on any atom is -0.271 e.